The molecule has 0 aromatic heterocycles. The van der Waals surface area contributed by atoms with Crippen molar-refractivity contribution in [1.82, 2.24) is 4.90 Å². The van der Waals surface area contributed by atoms with Crippen LogP contribution in [0.2, 0.25) is 0 Å². The maximum Gasteiger partial charge on any atom is 0.322 e. The number of hydrogen-bond acceptors (Lipinski definition) is 3. The Kier molecular flexibility index (Phi) is 6.00. The van der Waals surface area contributed by atoms with Crippen LogP contribution in [0.5, 0.6) is 5.75 Å². The fourth-order valence-corrected chi connectivity index (χ4v) is 3.96. The van der Waals surface area contributed by atoms with Crippen molar-refractivity contribution >= 4 is 27.6 Å². The lowest BCUT2D eigenvalue weighted by Crippen LogP contribution is -2.45. The molecule has 1 aromatic rings. The Labute approximate surface area is 151 Å². The number of methoxy groups -OCH3 is 1. The SMILES string of the molecule is COc1cc(NC(=O)N(C[C@@H]2CCCO2)C2CCCC2)ccc1Br. The normalized spacial score (nSPS) is 21.0. The summed E-state index contributed by atoms with van der Waals surface area (Å²) in [5.41, 5.74) is 0.746. The van der Waals surface area contributed by atoms with Gasteiger partial charge in [0, 0.05) is 30.9 Å². The largest absolute Gasteiger partial charge is 0.495 e. The summed E-state index contributed by atoms with van der Waals surface area (Å²) in [4.78, 5) is 14.9. The highest BCUT2D eigenvalue weighted by Crippen LogP contribution is 2.29. The van der Waals surface area contributed by atoms with E-state index in [1.54, 1.807) is 7.11 Å². The maximum absolute atomic E-state index is 12.9. The molecule has 1 aliphatic heterocycles. The van der Waals surface area contributed by atoms with E-state index in [2.05, 4.69) is 21.2 Å². The van der Waals surface area contributed by atoms with Crippen LogP contribution in [-0.4, -0.2) is 43.3 Å². The van der Waals surface area contributed by atoms with Gasteiger partial charge in [-0.15, -0.1) is 0 Å². The second-order valence-electron chi connectivity index (χ2n) is 6.51. The number of anilines is 1. The van der Waals surface area contributed by atoms with Crippen LogP contribution >= 0.6 is 15.9 Å². The van der Waals surface area contributed by atoms with Gasteiger partial charge in [-0.2, -0.15) is 0 Å². The molecule has 1 saturated heterocycles. The van der Waals surface area contributed by atoms with E-state index >= 15 is 0 Å². The average molecular weight is 397 g/mol. The standard InChI is InChI=1S/C18H25BrN2O3/c1-23-17-11-13(8-9-16(17)19)20-18(22)21(14-5-2-3-6-14)12-15-7-4-10-24-15/h8-9,11,14-15H,2-7,10,12H2,1H3,(H,20,22)/t15-/m0/s1. The zero-order valence-corrected chi connectivity index (χ0v) is 15.7. The van der Waals surface area contributed by atoms with Crippen molar-refractivity contribution in [1.29, 1.82) is 0 Å². The predicted octanol–water partition coefficient (Wildman–Crippen LogP) is 4.41. The lowest BCUT2D eigenvalue weighted by molar-refractivity contribution is 0.0729. The van der Waals surface area contributed by atoms with E-state index in [0.29, 0.717) is 18.3 Å². The molecule has 2 amide bonds. The van der Waals surface area contributed by atoms with Crippen molar-refractivity contribution in [2.75, 3.05) is 25.6 Å². The molecule has 6 heteroatoms. The topological polar surface area (TPSA) is 50.8 Å². The van der Waals surface area contributed by atoms with Crippen LogP contribution < -0.4 is 10.1 Å². The van der Waals surface area contributed by atoms with Crippen LogP contribution in [0.25, 0.3) is 0 Å². The molecule has 2 fully saturated rings. The molecule has 5 nitrogen and oxygen atoms in total. The van der Waals surface area contributed by atoms with Crippen molar-refractivity contribution in [2.24, 2.45) is 0 Å². The van der Waals surface area contributed by atoms with E-state index in [-0.39, 0.29) is 12.1 Å². The third-order valence-electron chi connectivity index (χ3n) is 4.85. The molecule has 1 heterocycles. The van der Waals surface area contributed by atoms with Crippen molar-refractivity contribution in [2.45, 2.75) is 50.7 Å². The Balaban J connectivity index is 1.70. The highest BCUT2D eigenvalue weighted by atomic mass is 79.9. The summed E-state index contributed by atoms with van der Waals surface area (Å²) >= 11 is 3.43. The number of nitrogens with zero attached hydrogens (tertiary/aromatic N) is 1. The monoisotopic (exact) mass is 396 g/mol. The summed E-state index contributed by atoms with van der Waals surface area (Å²) < 4.78 is 11.9. The molecule has 1 atom stereocenters. The molecule has 1 N–H and O–H groups in total. The van der Waals surface area contributed by atoms with Crippen LogP contribution in [0.4, 0.5) is 10.5 Å². The summed E-state index contributed by atoms with van der Waals surface area (Å²) in [6.45, 7) is 1.50. The first-order valence-electron chi connectivity index (χ1n) is 8.70. The number of amides is 2. The molecule has 132 valence electrons. The van der Waals surface area contributed by atoms with Crippen LogP contribution in [0, 0.1) is 0 Å². The van der Waals surface area contributed by atoms with Gasteiger partial charge in [0.1, 0.15) is 5.75 Å². The van der Waals surface area contributed by atoms with Crippen molar-refractivity contribution in [3.63, 3.8) is 0 Å². The van der Waals surface area contributed by atoms with E-state index in [0.717, 1.165) is 42.5 Å². The number of carbonyl (C=O) groups excluding carboxylic acids is 1. The maximum atomic E-state index is 12.9. The molecular weight excluding hydrogens is 372 g/mol. The number of benzene rings is 1. The Bertz CT molecular complexity index is 569. The number of rotatable bonds is 5. The van der Waals surface area contributed by atoms with Gasteiger partial charge in [0.25, 0.3) is 0 Å². The molecule has 1 saturated carbocycles. The fraction of sp³-hybridized carbons (Fsp3) is 0.611. The number of carbonyl (C=O) groups is 1. The molecule has 0 spiro atoms. The van der Waals surface area contributed by atoms with E-state index in [1.807, 2.05) is 23.1 Å². The Hall–Kier alpha value is -1.27. The van der Waals surface area contributed by atoms with E-state index in [1.165, 1.54) is 12.8 Å². The number of ether oxygens (including phenoxy) is 2. The van der Waals surface area contributed by atoms with Gasteiger partial charge in [-0.05, 0) is 53.7 Å². The molecule has 1 aliphatic carbocycles. The Morgan fingerprint density at radius 2 is 2.12 bits per heavy atom. The van der Waals surface area contributed by atoms with Gasteiger partial charge in [0.2, 0.25) is 0 Å². The average Bonchev–Trinajstić information content (AvgIpc) is 3.27. The van der Waals surface area contributed by atoms with Crippen molar-refractivity contribution in [3.05, 3.63) is 22.7 Å². The number of hydrogen-bond donors (Lipinski definition) is 1. The lowest BCUT2D eigenvalue weighted by atomic mass is 10.1. The fourth-order valence-electron chi connectivity index (χ4n) is 3.55. The van der Waals surface area contributed by atoms with Crippen LogP contribution in [-0.2, 0) is 4.74 Å². The second kappa shape index (κ2) is 8.21. The zero-order valence-electron chi connectivity index (χ0n) is 14.1. The minimum absolute atomic E-state index is 0.0400. The highest BCUT2D eigenvalue weighted by Gasteiger charge is 2.30. The van der Waals surface area contributed by atoms with E-state index in [4.69, 9.17) is 9.47 Å². The summed E-state index contributed by atoms with van der Waals surface area (Å²) in [5.74, 6) is 0.708. The van der Waals surface area contributed by atoms with Gasteiger partial charge in [-0.3, -0.25) is 0 Å². The minimum atomic E-state index is -0.0400. The van der Waals surface area contributed by atoms with Gasteiger partial charge in [-0.1, -0.05) is 12.8 Å². The molecule has 1 aromatic carbocycles. The van der Waals surface area contributed by atoms with Gasteiger partial charge in [0.05, 0.1) is 17.7 Å². The Morgan fingerprint density at radius 3 is 2.79 bits per heavy atom. The number of halogens is 1. The van der Waals surface area contributed by atoms with Gasteiger partial charge < -0.3 is 19.7 Å². The Morgan fingerprint density at radius 1 is 1.33 bits per heavy atom. The number of urea groups is 1. The molecular formula is C18H25BrN2O3. The van der Waals surface area contributed by atoms with Crippen molar-refractivity contribution < 1.29 is 14.3 Å². The predicted molar refractivity (Wildman–Crippen MR) is 97.6 cm³/mol. The summed E-state index contributed by atoms with van der Waals surface area (Å²) in [6, 6.07) is 5.88. The summed E-state index contributed by atoms with van der Waals surface area (Å²) in [5, 5.41) is 3.03. The molecule has 3 rings (SSSR count). The van der Waals surface area contributed by atoms with Crippen LogP contribution in [0.15, 0.2) is 22.7 Å². The lowest BCUT2D eigenvalue weighted by Gasteiger charge is -2.31. The van der Waals surface area contributed by atoms with E-state index < -0.39 is 0 Å². The third-order valence-corrected chi connectivity index (χ3v) is 5.51. The van der Waals surface area contributed by atoms with Gasteiger partial charge in [0.15, 0.2) is 0 Å². The van der Waals surface area contributed by atoms with E-state index in [9.17, 15) is 4.79 Å². The highest BCUT2D eigenvalue weighted by molar-refractivity contribution is 9.10. The second-order valence-corrected chi connectivity index (χ2v) is 7.36. The third kappa shape index (κ3) is 4.22. The number of nitrogens with one attached hydrogen (secondary N) is 1. The summed E-state index contributed by atoms with van der Waals surface area (Å²) in [7, 11) is 1.62. The summed E-state index contributed by atoms with van der Waals surface area (Å²) in [6.07, 6.45) is 6.89. The zero-order chi connectivity index (χ0) is 16.9. The molecule has 0 radical (unpaired) electrons. The van der Waals surface area contributed by atoms with Gasteiger partial charge >= 0.3 is 6.03 Å². The first-order valence-corrected chi connectivity index (χ1v) is 9.49. The van der Waals surface area contributed by atoms with Crippen LogP contribution in [0.3, 0.4) is 0 Å². The van der Waals surface area contributed by atoms with Crippen molar-refractivity contribution in [3.8, 4) is 5.75 Å². The smallest absolute Gasteiger partial charge is 0.322 e. The first-order chi connectivity index (χ1) is 11.7. The molecule has 24 heavy (non-hydrogen) atoms. The van der Waals surface area contributed by atoms with Gasteiger partial charge in [-0.25, -0.2) is 4.79 Å². The quantitative estimate of drug-likeness (QED) is 0.801. The molecule has 0 bridgehead atoms. The van der Waals surface area contributed by atoms with Crippen LogP contribution in [0.1, 0.15) is 38.5 Å². The first kappa shape index (κ1) is 17.5. The molecule has 0 unspecified atom stereocenters. The minimum Gasteiger partial charge on any atom is -0.495 e. The molecule has 2 aliphatic rings.